The molecule has 1 aromatic carbocycles. The Hall–Kier alpha value is -3.16. The first-order chi connectivity index (χ1) is 13.0. The second kappa shape index (κ2) is 6.53. The van der Waals surface area contributed by atoms with Crippen molar-refractivity contribution >= 4 is 16.9 Å². The van der Waals surface area contributed by atoms with Crippen molar-refractivity contribution < 1.29 is 4.79 Å². The van der Waals surface area contributed by atoms with E-state index < -0.39 is 11.1 Å². The van der Waals surface area contributed by atoms with Gasteiger partial charge < -0.3 is 14.9 Å². The Balaban J connectivity index is 1.67. The lowest BCUT2D eigenvalue weighted by molar-refractivity contribution is 0.0932. The number of amides is 1. The zero-order valence-electron chi connectivity index (χ0n) is 15.3. The van der Waals surface area contributed by atoms with Gasteiger partial charge in [0.1, 0.15) is 0 Å². The average molecular weight is 367 g/mol. The lowest BCUT2D eigenvalue weighted by atomic mass is 9.92. The molecule has 2 aromatic heterocycles. The van der Waals surface area contributed by atoms with Crippen LogP contribution in [0.5, 0.6) is 0 Å². The van der Waals surface area contributed by atoms with Crippen molar-refractivity contribution in [1.29, 1.82) is 0 Å². The minimum atomic E-state index is -0.686. The minimum absolute atomic E-state index is 0.0747. The van der Waals surface area contributed by atoms with E-state index in [1.807, 2.05) is 17.9 Å². The minimum Gasteiger partial charge on any atom is -0.345 e. The van der Waals surface area contributed by atoms with Crippen molar-refractivity contribution in [3.8, 4) is 0 Å². The van der Waals surface area contributed by atoms with Gasteiger partial charge in [-0.1, -0.05) is 0 Å². The summed E-state index contributed by atoms with van der Waals surface area (Å²) in [6.07, 6.45) is 4.64. The number of H-pyrrole nitrogens is 1. The SMILES string of the molecule is CCn1c(=O)c(=O)[nH]c2cc(C(=O)NC3CCCc4c3cnn4C)ccc21. The van der Waals surface area contributed by atoms with Crippen LogP contribution >= 0.6 is 0 Å². The maximum absolute atomic E-state index is 12.8. The number of hydrogen-bond donors (Lipinski definition) is 2. The number of fused-ring (bicyclic) bond motifs is 2. The molecule has 0 saturated carbocycles. The van der Waals surface area contributed by atoms with Crippen molar-refractivity contribution in [2.45, 2.75) is 38.8 Å². The maximum atomic E-state index is 12.8. The summed E-state index contributed by atoms with van der Waals surface area (Å²) >= 11 is 0. The molecule has 0 saturated heterocycles. The predicted octanol–water partition coefficient (Wildman–Crippen LogP) is 1.25. The highest BCUT2D eigenvalue weighted by molar-refractivity contribution is 5.97. The van der Waals surface area contributed by atoms with E-state index in [-0.39, 0.29) is 11.9 Å². The molecule has 27 heavy (non-hydrogen) atoms. The first kappa shape index (κ1) is 17.3. The van der Waals surface area contributed by atoms with Crippen LogP contribution < -0.4 is 16.4 Å². The van der Waals surface area contributed by atoms with Crippen molar-refractivity contribution in [3.63, 3.8) is 0 Å². The van der Waals surface area contributed by atoms with Crippen LogP contribution in [0.1, 0.15) is 47.4 Å². The molecule has 140 valence electrons. The van der Waals surface area contributed by atoms with E-state index in [1.54, 1.807) is 25.1 Å². The highest BCUT2D eigenvalue weighted by Crippen LogP contribution is 2.29. The number of nitrogens with one attached hydrogen (secondary N) is 2. The molecule has 3 aromatic rings. The highest BCUT2D eigenvalue weighted by atomic mass is 16.2. The smallest absolute Gasteiger partial charge is 0.316 e. The Morgan fingerprint density at radius 1 is 1.37 bits per heavy atom. The Labute approximate surface area is 154 Å². The molecule has 2 N–H and O–H groups in total. The van der Waals surface area contributed by atoms with Crippen molar-refractivity contribution in [2.75, 3.05) is 0 Å². The van der Waals surface area contributed by atoms with Crippen LogP contribution in [0, 0.1) is 0 Å². The third-order valence-electron chi connectivity index (χ3n) is 5.23. The van der Waals surface area contributed by atoms with Gasteiger partial charge in [-0.2, -0.15) is 5.10 Å². The van der Waals surface area contributed by atoms with E-state index in [4.69, 9.17) is 0 Å². The number of hydrogen-bond acceptors (Lipinski definition) is 4. The van der Waals surface area contributed by atoms with Crippen LogP contribution in [-0.2, 0) is 20.0 Å². The lowest BCUT2D eigenvalue weighted by Gasteiger charge is -2.24. The van der Waals surface area contributed by atoms with E-state index in [2.05, 4.69) is 15.4 Å². The summed E-state index contributed by atoms with van der Waals surface area (Å²) in [6, 6.07) is 4.91. The second-order valence-electron chi connectivity index (χ2n) is 6.82. The zero-order valence-corrected chi connectivity index (χ0v) is 15.3. The molecule has 1 atom stereocenters. The summed E-state index contributed by atoms with van der Waals surface area (Å²) in [4.78, 5) is 39.1. The fourth-order valence-corrected chi connectivity index (χ4v) is 3.83. The monoisotopic (exact) mass is 367 g/mol. The number of carbonyl (C=O) groups excluding carboxylic acids is 1. The van der Waals surface area contributed by atoms with Gasteiger partial charge in [0.25, 0.3) is 5.91 Å². The third kappa shape index (κ3) is 2.87. The summed E-state index contributed by atoms with van der Waals surface area (Å²) in [5.74, 6) is -0.214. The zero-order chi connectivity index (χ0) is 19.1. The Kier molecular flexibility index (Phi) is 4.18. The van der Waals surface area contributed by atoms with Gasteiger partial charge in [-0.05, 0) is 44.4 Å². The Morgan fingerprint density at radius 3 is 2.96 bits per heavy atom. The largest absolute Gasteiger partial charge is 0.345 e. The first-order valence-corrected chi connectivity index (χ1v) is 9.08. The summed E-state index contributed by atoms with van der Waals surface area (Å²) in [5, 5.41) is 7.37. The number of aromatic nitrogens is 4. The predicted molar refractivity (Wildman–Crippen MR) is 101 cm³/mol. The third-order valence-corrected chi connectivity index (χ3v) is 5.23. The van der Waals surface area contributed by atoms with Gasteiger partial charge in [0, 0.05) is 30.4 Å². The van der Waals surface area contributed by atoms with E-state index in [0.717, 1.165) is 30.5 Å². The summed E-state index contributed by atoms with van der Waals surface area (Å²) in [7, 11) is 1.91. The van der Waals surface area contributed by atoms with Crippen molar-refractivity contribution in [1.82, 2.24) is 24.6 Å². The molecule has 0 radical (unpaired) electrons. The van der Waals surface area contributed by atoms with Gasteiger partial charge in [0.15, 0.2) is 0 Å². The van der Waals surface area contributed by atoms with Crippen LogP contribution in [0.2, 0.25) is 0 Å². The fourth-order valence-electron chi connectivity index (χ4n) is 3.83. The van der Waals surface area contributed by atoms with Gasteiger partial charge in [0.2, 0.25) is 0 Å². The molecule has 1 aliphatic carbocycles. The lowest BCUT2D eigenvalue weighted by Crippen LogP contribution is -2.36. The van der Waals surface area contributed by atoms with E-state index in [9.17, 15) is 14.4 Å². The number of rotatable bonds is 3. The number of carbonyl (C=O) groups is 1. The molecule has 8 nitrogen and oxygen atoms in total. The molecule has 1 amide bonds. The first-order valence-electron chi connectivity index (χ1n) is 9.08. The molecule has 4 rings (SSSR count). The molecule has 0 spiro atoms. The van der Waals surface area contributed by atoms with Gasteiger partial charge in [-0.3, -0.25) is 19.1 Å². The number of aromatic amines is 1. The quantitative estimate of drug-likeness (QED) is 0.680. The van der Waals surface area contributed by atoms with Gasteiger partial charge >= 0.3 is 11.1 Å². The van der Waals surface area contributed by atoms with Gasteiger partial charge in [-0.15, -0.1) is 0 Å². The van der Waals surface area contributed by atoms with E-state index >= 15 is 0 Å². The molecule has 0 aliphatic heterocycles. The van der Waals surface area contributed by atoms with Crippen molar-refractivity contribution in [3.05, 3.63) is 61.9 Å². The summed E-state index contributed by atoms with van der Waals surface area (Å²) < 4.78 is 3.26. The maximum Gasteiger partial charge on any atom is 0.316 e. The molecular formula is C19H21N5O3. The van der Waals surface area contributed by atoms with Gasteiger partial charge in [-0.25, -0.2) is 0 Å². The topological polar surface area (TPSA) is 102 Å². The van der Waals surface area contributed by atoms with E-state index in [1.165, 1.54) is 4.57 Å². The second-order valence-corrected chi connectivity index (χ2v) is 6.82. The van der Waals surface area contributed by atoms with Crippen LogP contribution in [0.4, 0.5) is 0 Å². The Bertz CT molecular complexity index is 1150. The standard InChI is InChI=1S/C19H21N5O3/c1-3-24-16-8-7-11(9-14(16)22-18(26)19(24)27)17(25)21-13-5-4-6-15-12(13)10-20-23(15)2/h7-10,13H,3-6H2,1-2H3,(H,21,25)(H,22,26). The molecule has 1 unspecified atom stereocenters. The van der Waals surface area contributed by atoms with Gasteiger partial charge in [0.05, 0.1) is 23.3 Å². The molecule has 0 bridgehead atoms. The summed E-state index contributed by atoms with van der Waals surface area (Å²) in [5.41, 5.74) is 2.45. The molecule has 0 fully saturated rings. The highest BCUT2D eigenvalue weighted by Gasteiger charge is 2.25. The normalized spacial score (nSPS) is 16.3. The Morgan fingerprint density at radius 2 is 2.19 bits per heavy atom. The average Bonchev–Trinajstić information content (AvgIpc) is 3.04. The molecular weight excluding hydrogens is 346 g/mol. The van der Waals surface area contributed by atoms with Crippen LogP contribution in [-0.4, -0.2) is 25.2 Å². The summed E-state index contributed by atoms with van der Waals surface area (Å²) in [6.45, 7) is 2.19. The van der Waals surface area contributed by atoms with Crippen molar-refractivity contribution in [2.24, 2.45) is 7.05 Å². The number of nitrogens with zero attached hydrogens (tertiary/aromatic N) is 3. The molecule has 8 heteroatoms. The number of benzene rings is 1. The van der Waals surface area contributed by atoms with Crippen LogP contribution in [0.15, 0.2) is 34.0 Å². The van der Waals surface area contributed by atoms with E-state index in [0.29, 0.717) is 23.1 Å². The van der Waals surface area contributed by atoms with Crippen LogP contribution in [0.3, 0.4) is 0 Å². The molecule has 1 aliphatic rings. The number of aryl methyl sites for hydroxylation is 2. The fraction of sp³-hybridized carbons (Fsp3) is 0.368. The molecule has 2 heterocycles. The van der Waals surface area contributed by atoms with Crippen LogP contribution in [0.25, 0.3) is 11.0 Å².